The van der Waals surface area contributed by atoms with Gasteiger partial charge in [0.1, 0.15) is 6.04 Å². The highest BCUT2D eigenvalue weighted by atomic mass is 35.5. The Morgan fingerprint density at radius 2 is 2.21 bits per heavy atom. The molecule has 1 aromatic heterocycles. The molecule has 14 heavy (non-hydrogen) atoms. The van der Waals surface area contributed by atoms with Crippen molar-refractivity contribution in [2.75, 3.05) is 5.73 Å². The van der Waals surface area contributed by atoms with Crippen molar-refractivity contribution in [2.24, 2.45) is 5.73 Å². The fraction of sp³-hybridized carbons (Fsp3) is 0.333. The highest BCUT2D eigenvalue weighted by molar-refractivity contribution is 5.85. The van der Waals surface area contributed by atoms with Crippen LogP contribution >= 0.6 is 24.8 Å². The predicted molar refractivity (Wildman–Crippen MR) is 56.8 cm³/mol. The van der Waals surface area contributed by atoms with Crippen LogP contribution in [0.15, 0.2) is 6.20 Å². The van der Waals surface area contributed by atoms with Crippen LogP contribution < -0.4 is 11.5 Å². The fourth-order valence-electron chi connectivity index (χ4n) is 0.804. The van der Waals surface area contributed by atoms with Crippen LogP contribution in [0.5, 0.6) is 0 Å². The normalized spacial score (nSPS) is 10.9. The second kappa shape index (κ2) is 6.47. The average Bonchev–Trinajstić information content (AvgIpc) is 2.35. The molecule has 6 nitrogen and oxygen atoms in total. The molecule has 0 aliphatic rings. The van der Waals surface area contributed by atoms with Crippen LogP contribution in [0.2, 0.25) is 0 Å². The zero-order chi connectivity index (χ0) is 9.14. The van der Waals surface area contributed by atoms with Gasteiger partial charge in [-0.2, -0.15) is 0 Å². The lowest BCUT2D eigenvalue weighted by Gasteiger charge is -2.02. The SMILES string of the molecule is Cl.Cl.Nc1ncc(C[C@@H](N)C(=O)O)[nH]1. The van der Waals surface area contributed by atoms with Gasteiger partial charge >= 0.3 is 5.97 Å². The molecule has 1 aromatic rings. The number of rotatable bonds is 3. The van der Waals surface area contributed by atoms with Gasteiger partial charge < -0.3 is 21.6 Å². The summed E-state index contributed by atoms with van der Waals surface area (Å²) in [5.74, 6) is -0.772. The number of carboxylic acids is 1. The van der Waals surface area contributed by atoms with Gasteiger partial charge in [-0.3, -0.25) is 4.79 Å². The van der Waals surface area contributed by atoms with Crippen LogP contribution in [-0.2, 0) is 11.2 Å². The minimum absolute atomic E-state index is 0. The van der Waals surface area contributed by atoms with E-state index in [1.54, 1.807) is 0 Å². The van der Waals surface area contributed by atoms with Crippen LogP contribution in [0.3, 0.4) is 0 Å². The van der Waals surface area contributed by atoms with Crippen molar-refractivity contribution < 1.29 is 9.90 Å². The maximum absolute atomic E-state index is 10.3. The molecule has 0 aliphatic heterocycles. The fourth-order valence-corrected chi connectivity index (χ4v) is 0.804. The number of hydrogen-bond acceptors (Lipinski definition) is 4. The van der Waals surface area contributed by atoms with Gasteiger partial charge in [-0.15, -0.1) is 24.8 Å². The van der Waals surface area contributed by atoms with Crippen LogP contribution in [0.25, 0.3) is 0 Å². The Hall–Kier alpha value is -0.980. The van der Waals surface area contributed by atoms with E-state index in [4.69, 9.17) is 16.6 Å². The van der Waals surface area contributed by atoms with E-state index in [0.29, 0.717) is 5.69 Å². The Balaban J connectivity index is 0. The smallest absolute Gasteiger partial charge is 0.320 e. The van der Waals surface area contributed by atoms with Crippen molar-refractivity contribution in [1.29, 1.82) is 0 Å². The summed E-state index contributed by atoms with van der Waals surface area (Å²) in [5.41, 5.74) is 11.2. The molecule has 0 bridgehead atoms. The monoisotopic (exact) mass is 242 g/mol. The summed E-state index contributed by atoms with van der Waals surface area (Å²) in [4.78, 5) is 16.7. The van der Waals surface area contributed by atoms with E-state index in [1.807, 2.05) is 0 Å². The third kappa shape index (κ3) is 4.31. The average molecular weight is 243 g/mol. The van der Waals surface area contributed by atoms with E-state index >= 15 is 0 Å². The Kier molecular flexibility index (Phi) is 7.16. The van der Waals surface area contributed by atoms with Gasteiger partial charge in [0.2, 0.25) is 0 Å². The maximum Gasteiger partial charge on any atom is 0.320 e. The van der Waals surface area contributed by atoms with E-state index in [1.165, 1.54) is 6.20 Å². The zero-order valence-electron chi connectivity index (χ0n) is 7.14. The van der Waals surface area contributed by atoms with Gasteiger partial charge in [-0.1, -0.05) is 0 Å². The Morgan fingerprint density at radius 3 is 2.57 bits per heavy atom. The number of nitrogens with zero attached hydrogens (tertiary/aromatic N) is 1. The number of imidazole rings is 1. The van der Waals surface area contributed by atoms with Crippen molar-refractivity contribution in [2.45, 2.75) is 12.5 Å². The topological polar surface area (TPSA) is 118 Å². The van der Waals surface area contributed by atoms with Crippen molar-refractivity contribution in [3.05, 3.63) is 11.9 Å². The lowest BCUT2D eigenvalue weighted by Crippen LogP contribution is -2.32. The van der Waals surface area contributed by atoms with Crippen LogP contribution in [0.1, 0.15) is 5.69 Å². The molecule has 6 N–H and O–H groups in total. The Morgan fingerprint density at radius 1 is 1.64 bits per heavy atom. The number of halogens is 2. The van der Waals surface area contributed by atoms with Gasteiger partial charge in [-0.25, -0.2) is 4.98 Å². The van der Waals surface area contributed by atoms with Gasteiger partial charge in [0.15, 0.2) is 5.95 Å². The number of anilines is 1. The second-order valence-corrected chi connectivity index (χ2v) is 2.44. The third-order valence-electron chi connectivity index (χ3n) is 1.41. The van der Waals surface area contributed by atoms with Gasteiger partial charge in [0, 0.05) is 12.1 Å². The summed E-state index contributed by atoms with van der Waals surface area (Å²) in [6.45, 7) is 0. The quantitative estimate of drug-likeness (QED) is 0.585. The molecule has 0 fully saturated rings. The minimum Gasteiger partial charge on any atom is -0.480 e. The van der Waals surface area contributed by atoms with Crippen molar-refractivity contribution in [3.63, 3.8) is 0 Å². The Labute approximate surface area is 92.9 Å². The Bertz CT molecular complexity index is 291. The van der Waals surface area contributed by atoms with E-state index in [9.17, 15) is 4.79 Å². The summed E-state index contributed by atoms with van der Waals surface area (Å²) >= 11 is 0. The lowest BCUT2D eigenvalue weighted by molar-refractivity contribution is -0.138. The molecule has 1 heterocycles. The number of aromatic amines is 1. The van der Waals surface area contributed by atoms with Crippen molar-refractivity contribution >= 4 is 36.7 Å². The minimum atomic E-state index is -1.04. The number of nitrogen functional groups attached to an aromatic ring is 1. The molecule has 0 saturated carbocycles. The highest BCUT2D eigenvalue weighted by Gasteiger charge is 2.12. The predicted octanol–water partition coefficient (Wildman–Crippen LogP) is -0.210. The second-order valence-electron chi connectivity index (χ2n) is 2.44. The first-order valence-electron chi connectivity index (χ1n) is 3.37. The largest absolute Gasteiger partial charge is 0.480 e. The summed E-state index contributed by atoms with van der Waals surface area (Å²) < 4.78 is 0. The van der Waals surface area contributed by atoms with E-state index in [0.717, 1.165) is 0 Å². The molecule has 0 spiro atoms. The van der Waals surface area contributed by atoms with E-state index < -0.39 is 12.0 Å². The number of aliphatic carboxylic acids is 1. The van der Waals surface area contributed by atoms with E-state index in [2.05, 4.69) is 9.97 Å². The molecular weight excluding hydrogens is 231 g/mol. The summed E-state index contributed by atoms with van der Waals surface area (Å²) in [6, 6.07) is -0.912. The summed E-state index contributed by atoms with van der Waals surface area (Å²) in [6.07, 6.45) is 1.68. The van der Waals surface area contributed by atoms with Gasteiger partial charge in [0.25, 0.3) is 0 Å². The zero-order valence-corrected chi connectivity index (χ0v) is 8.77. The molecule has 82 valence electrons. The molecular formula is C6H12Cl2N4O2. The molecule has 0 saturated heterocycles. The third-order valence-corrected chi connectivity index (χ3v) is 1.41. The number of carboxylic acid groups (broad SMARTS) is 1. The first kappa shape index (κ1) is 15.5. The number of hydrogen-bond donors (Lipinski definition) is 4. The molecule has 0 aliphatic carbocycles. The molecule has 1 atom stereocenters. The van der Waals surface area contributed by atoms with Crippen molar-refractivity contribution in [1.82, 2.24) is 9.97 Å². The van der Waals surface area contributed by atoms with Gasteiger partial charge in [-0.05, 0) is 0 Å². The van der Waals surface area contributed by atoms with Gasteiger partial charge in [0.05, 0.1) is 6.20 Å². The first-order chi connectivity index (χ1) is 5.59. The molecule has 0 radical (unpaired) electrons. The van der Waals surface area contributed by atoms with Crippen molar-refractivity contribution in [3.8, 4) is 0 Å². The summed E-state index contributed by atoms with van der Waals surface area (Å²) in [5, 5.41) is 8.46. The molecule has 0 unspecified atom stereocenters. The molecule has 0 aromatic carbocycles. The number of nitrogens with one attached hydrogen (secondary N) is 1. The highest BCUT2D eigenvalue weighted by Crippen LogP contribution is 2.00. The molecule has 8 heteroatoms. The molecule has 1 rings (SSSR count). The van der Waals surface area contributed by atoms with Crippen LogP contribution in [0.4, 0.5) is 5.95 Å². The number of carbonyl (C=O) groups is 1. The maximum atomic E-state index is 10.3. The molecule has 0 amide bonds. The standard InChI is InChI=1S/C6H10N4O2.2ClH/c7-4(5(11)12)1-3-2-9-6(8)10-3;;/h2,4H,1,7H2,(H,11,12)(H3,8,9,10);2*1H/t4-;;/m1../s1. The number of H-pyrrole nitrogens is 1. The van der Waals surface area contributed by atoms with Crippen LogP contribution in [-0.4, -0.2) is 27.1 Å². The van der Waals surface area contributed by atoms with E-state index in [-0.39, 0.29) is 37.2 Å². The van der Waals surface area contributed by atoms with Crippen LogP contribution in [0, 0.1) is 0 Å². The number of aromatic nitrogens is 2. The first-order valence-corrected chi connectivity index (χ1v) is 3.37. The summed E-state index contributed by atoms with van der Waals surface area (Å²) in [7, 11) is 0. The number of nitrogens with two attached hydrogens (primary N) is 2. The lowest BCUT2D eigenvalue weighted by atomic mass is 10.2.